The lowest BCUT2D eigenvalue weighted by Crippen LogP contribution is -2.34. The Morgan fingerprint density at radius 2 is 1.85 bits per heavy atom. The van der Waals surface area contributed by atoms with Crippen LogP contribution in [-0.4, -0.2) is 54.1 Å². The number of ether oxygens (including phenoxy) is 2. The van der Waals surface area contributed by atoms with E-state index in [1.807, 2.05) is 25.1 Å². The highest BCUT2D eigenvalue weighted by Crippen LogP contribution is 2.38. The summed E-state index contributed by atoms with van der Waals surface area (Å²) < 4.78 is 10.5. The van der Waals surface area contributed by atoms with Gasteiger partial charge in [0.2, 0.25) is 11.8 Å². The molecule has 0 saturated heterocycles. The molecule has 216 valence electrons. The van der Waals surface area contributed by atoms with E-state index >= 15 is 0 Å². The summed E-state index contributed by atoms with van der Waals surface area (Å²) in [4.78, 5) is 54.5. The molecule has 11 heteroatoms. The average molecular weight is 596 g/mol. The molecule has 1 aliphatic heterocycles. The number of fused-ring (bicyclic) bond motifs is 1. The van der Waals surface area contributed by atoms with Crippen LogP contribution in [0, 0.1) is 0 Å². The molecule has 0 radical (unpaired) electrons. The molecular weight excluding hydrogens is 562 g/mol. The smallest absolute Gasteiger partial charge is 0.341 e. The zero-order valence-electron chi connectivity index (χ0n) is 23.4. The predicted octanol–water partition coefficient (Wildman–Crippen LogP) is 5.60. The molecule has 1 unspecified atom stereocenters. The van der Waals surface area contributed by atoms with Crippen molar-refractivity contribution in [1.82, 2.24) is 4.90 Å². The average Bonchev–Trinajstić information content (AvgIpc) is 3.33. The molecule has 1 aromatic heterocycles. The maximum absolute atomic E-state index is 13.5. The van der Waals surface area contributed by atoms with Crippen LogP contribution in [0.15, 0.2) is 53.4 Å². The highest BCUT2D eigenvalue weighted by Gasteiger charge is 2.31. The minimum atomic E-state index is -0.475. The molecule has 9 nitrogen and oxygen atoms in total. The molecule has 0 saturated carbocycles. The molecule has 4 rings (SSSR count). The molecule has 1 atom stereocenters. The summed E-state index contributed by atoms with van der Waals surface area (Å²) >= 11 is 2.69. The zero-order valence-corrected chi connectivity index (χ0v) is 25.1. The van der Waals surface area contributed by atoms with Crippen molar-refractivity contribution in [1.29, 1.82) is 0 Å². The van der Waals surface area contributed by atoms with Crippen LogP contribution in [0.4, 0.5) is 10.7 Å². The maximum Gasteiger partial charge on any atom is 0.341 e. The van der Waals surface area contributed by atoms with Crippen molar-refractivity contribution >= 4 is 57.5 Å². The van der Waals surface area contributed by atoms with E-state index in [0.717, 1.165) is 15.3 Å². The normalized spacial score (nSPS) is 13.1. The summed E-state index contributed by atoms with van der Waals surface area (Å²) in [5.41, 5.74) is 2.28. The molecule has 0 bridgehead atoms. The number of hydrogen-bond donors (Lipinski definition) is 2. The van der Waals surface area contributed by atoms with Crippen molar-refractivity contribution in [3.05, 3.63) is 70.1 Å². The van der Waals surface area contributed by atoms with Gasteiger partial charge in [-0.05, 0) is 61.7 Å². The number of nitrogens with zero attached hydrogens (tertiary/aromatic N) is 1. The van der Waals surface area contributed by atoms with E-state index in [2.05, 4.69) is 10.6 Å². The molecule has 0 spiro atoms. The molecule has 2 heterocycles. The number of anilines is 2. The summed E-state index contributed by atoms with van der Waals surface area (Å²) in [6, 6.07) is 14.2. The number of thioether (sulfide) groups is 1. The number of benzene rings is 2. The first-order chi connectivity index (χ1) is 19.7. The molecular formula is C30H33N3O6S2. The fourth-order valence-electron chi connectivity index (χ4n) is 4.47. The predicted molar refractivity (Wildman–Crippen MR) is 161 cm³/mol. The fraction of sp³-hybridized carbons (Fsp3) is 0.333. The topological polar surface area (TPSA) is 114 Å². The van der Waals surface area contributed by atoms with Gasteiger partial charge in [0.25, 0.3) is 5.91 Å². The minimum absolute atomic E-state index is 0.0308. The van der Waals surface area contributed by atoms with Crippen molar-refractivity contribution in [3.8, 4) is 5.75 Å². The summed E-state index contributed by atoms with van der Waals surface area (Å²) in [5, 5.41) is 5.86. The van der Waals surface area contributed by atoms with Gasteiger partial charge in [0.05, 0.1) is 31.1 Å². The lowest BCUT2D eigenvalue weighted by Gasteiger charge is -2.25. The number of methoxy groups -OCH3 is 1. The van der Waals surface area contributed by atoms with E-state index in [4.69, 9.17) is 9.47 Å². The SMILES string of the molecule is CCOC(=O)c1c(NC(=O)C(CC)Sc2cccc(NC(=O)c3cccc(OC)c3)c2)sc2c1CCN(C(C)=O)C2. The number of carbonyl (C=O) groups is 4. The molecule has 41 heavy (non-hydrogen) atoms. The number of hydrogen-bond acceptors (Lipinski definition) is 8. The lowest BCUT2D eigenvalue weighted by atomic mass is 10.0. The minimum Gasteiger partial charge on any atom is -0.497 e. The van der Waals surface area contributed by atoms with Crippen molar-refractivity contribution in [3.63, 3.8) is 0 Å². The van der Waals surface area contributed by atoms with E-state index in [1.165, 1.54) is 30.0 Å². The van der Waals surface area contributed by atoms with Crippen LogP contribution in [0.1, 0.15) is 58.3 Å². The lowest BCUT2D eigenvalue weighted by molar-refractivity contribution is -0.129. The van der Waals surface area contributed by atoms with Crippen molar-refractivity contribution in [2.24, 2.45) is 0 Å². The van der Waals surface area contributed by atoms with Gasteiger partial charge in [-0.25, -0.2) is 4.79 Å². The van der Waals surface area contributed by atoms with Crippen LogP contribution in [0.3, 0.4) is 0 Å². The Bertz CT molecular complexity index is 1450. The quantitative estimate of drug-likeness (QED) is 0.232. The summed E-state index contributed by atoms with van der Waals surface area (Å²) in [6.45, 7) is 6.31. The molecule has 3 amide bonds. The molecule has 2 aromatic carbocycles. The standard InChI is InChI=1S/C30H33N3O6S2/c1-5-24(40-22-12-8-10-20(16-22)31-27(35)19-9-7-11-21(15-19)38-4)28(36)32-29-26(30(37)39-6-2)23-13-14-33(18(3)34)17-25(23)41-29/h7-12,15-16,24H,5-6,13-14,17H2,1-4H3,(H,31,35)(H,32,36). The first kappa shape index (κ1) is 30.1. The Kier molecular flexibility index (Phi) is 10.1. The van der Waals surface area contributed by atoms with Gasteiger partial charge in [-0.3, -0.25) is 14.4 Å². The fourth-order valence-corrected chi connectivity index (χ4v) is 6.74. The van der Waals surface area contributed by atoms with E-state index in [1.54, 1.807) is 49.3 Å². The third kappa shape index (κ3) is 7.28. The van der Waals surface area contributed by atoms with Gasteiger partial charge in [-0.15, -0.1) is 23.1 Å². The van der Waals surface area contributed by atoms with Gasteiger partial charge in [0, 0.05) is 34.5 Å². The monoisotopic (exact) mass is 595 g/mol. The third-order valence-corrected chi connectivity index (χ3v) is 9.07. The number of esters is 1. The van der Waals surface area contributed by atoms with Crippen LogP contribution < -0.4 is 15.4 Å². The Hall–Kier alpha value is -3.83. The molecule has 0 aliphatic carbocycles. The van der Waals surface area contributed by atoms with E-state index in [-0.39, 0.29) is 24.3 Å². The number of thiophene rings is 1. The van der Waals surface area contributed by atoms with Gasteiger partial charge in [0.1, 0.15) is 10.8 Å². The van der Waals surface area contributed by atoms with Crippen molar-refractivity contribution < 1.29 is 28.7 Å². The Balaban J connectivity index is 1.49. The second kappa shape index (κ2) is 13.7. The van der Waals surface area contributed by atoms with Gasteiger partial charge in [0.15, 0.2) is 0 Å². The summed E-state index contributed by atoms with van der Waals surface area (Å²) in [6.07, 6.45) is 1.06. The highest BCUT2D eigenvalue weighted by molar-refractivity contribution is 8.00. The van der Waals surface area contributed by atoms with Crippen molar-refractivity contribution in [2.45, 2.75) is 50.3 Å². The number of amides is 3. The summed E-state index contributed by atoms with van der Waals surface area (Å²) in [7, 11) is 1.55. The van der Waals surface area contributed by atoms with Crippen LogP contribution in [0.2, 0.25) is 0 Å². The first-order valence-corrected chi connectivity index (χ1v) is 15.0. The third-order valence-electron chi connectivity index (χ3n) is 6.58. The molecule has 3 aromatic rings. The Morgan fingerprint density at radius 3 is 2.56 bits per heavy atom. The van der Waals surface area contributed by atoms with Crippen LogP contribution in [-0.2, 0) is 27.3 Å². The maximum atomic E-state index is 13.5. The van der Waals surface area contributed by atoms with Gasteiger partial charge < -0.3 is 25.0 Å². The van der Waals surface area contributed by atoms with Gasteiger partial charge >= 0.3 is 5.97 Å². The van der Waals surface area contributed by atoms with E-state index < -0.39 is 11.2 Å². The van der Waals surface area contributed by atoms with E-state index in [9.17, 15) is 19.2 Å². The molecule has 1 aliphatic rings. The Morgan fingerprint density at radius 1 is 1.07 bits per heavy atom. The second-order valence-corrected chi connectivity index (χ2v) is 11.7. The zero-order chi connectivity index (χ0) is 29.5. The van der Waals surface area contributed by atoms with Gasteiger partial charge in [-0.1, -0.05) is 19.1 Å². The number of carbonyl (C=O) groups excluding carboxylic acids is 4. The van der Waals surface area contributed by atoms with E-state index in [0.29, 0.717) is 53.5 Å². The van der Waals surface area contributed by atoms with Crippen molar-refractivity contribution in [2.75, 3.05) is 30.9 Å². The van der Waals surface area contributed by atoms with Crippen LogP contribution >= 0.6 is 23.1 Å². The number of nitrogens with one attached hydrogen (secondary N) is 2. The van der Waals surface area contributed by atoms with Gasteiger partial charge in [-0.2, -0.15) is 0 Å². The van der Waals surface area contributed by atoms with Crippen LogP contribution in [0.25, 0.3) is 0 Å². The largest absolute Gasteiger partial charge is 0.497 e. The number of rotatable bonds is 10. The first-order valence-electron chi connectivity index (χ1n) is 13.3. The van der Waals surface area contributed by atoms with Crippen LogP contribution in [0.5, 0.6) is 5.75 Å². The summed E-state index contributed by atoms with van der Waals surface area (Å²) in [5.74, 6) is -0.427. The molecule has 0 fully saturated rings. The highest BCUT2D eigenvalue weighted by atomic mass is 32.2. The Labute approximate surface area is 247 Å². The molecule has 2 N–H and O–H groups in total. The second-order valence-electron chi connectivity index (χ2n) is 9.34.